The Morgan fingerprint density at radius 2 is 2.33 bits per heavy atom. The van der Waals surface area contributed by atoms with E-state index < -0.39 is 5.24 Å². The molecule has 0 N–H and O–H groups in total. The van der Waals surface area contributed by atoms with Gasteiger partial charge in [0, 0.05) is 35.9 Å². The molecule has 0 spiro atoms. The lowest BCUT2D eigenvalue weighted by atomic mass is 10.2. The lowest BCUT2D eigenvalue weighted by molar-refractivity contribution is -0.108. The summed E-state index contributed by atoms with van der Waals surface area (Å²) in [5, 5.41) is -0.462. The molecule has 0 amide bonds. The van der Waals surface area contributed by atoms with Crippen molar-refractivity contribution in [2.24, 2.45) is 0 Å². The largest absolute Gasteiger partial charge is 0.344 e. The molecule has 0 unspecified atom stereocenters. The van der Waals surface area contributed by atoms with Gasteiger partial charge in [0.25, 0.3) is 0 Å². The van der Waals surface area contributed by atoms with Gasteiger partial charge in [0.05, 0.1) is 6.08 Å². The fourth-order valence-corrected chi connectivity index (χ4v) is 0.633. The van der Waals surface area contributed by atoms with Crippen molar-refractivity contribution in [3.63, 3.8) is 0 Å². The molecule has 0 aromatic rings. The Morgan fingerprint density at radius 3 is 2.67 bits per heavy atom. The Kier molecular flexibility index (Phi) is 1.78. The third kappa shape index (κ3) is 1.49. The highest BCUT2D eigenvalue weighted by atomic mass is 35.5. The van der Waals surface area contributed by atoms with Gasteiger partial charge in [0.15, 0.2) is 0 Å². The summed E-state index contributed by atoms with van der Waals surface area (Å²) in [5.74, 6) is 0. The maximum Gasteiger partial charge on any atom is 0.344 e. The Labute approximate surface area is 58.3 Å². The van der Waals surface area contributed by atoms with E-state index in [9.17, 15) is 4.79 Å². The Bertz CT molecular complexity index is 211. The molecule has 0 aromatic carbocycles. The van der Waals surface area contributed by atoms with Gasteiger partial charge in [-0.25, -0.2) is 4.79 Å². The van der Waals surface area contributed by atoms with Crippen LogP contribution in [-0.2, 0) is 4.79 Å². The smallest absolute Gasteiger partial charge is 0.215 e. The van der Waals surface area contributed by atoms with Crippen LogP contribution < -0.4 is 0 Å². The second-order valence-corrected chi connectivity index (χ2v) is 1.89. The fraction of sp³-hybridized carbons (Fsp3) is 0. The monoisotopic (exact) mass is 139 g/mol. The maximum absolute atomic E-state index is 10.4. The summed E-state index contributed by atoms with van der Waals surface area (Å²) >= 11 is 5.13. The summed E-state index contributed by atoms with van der Waals surface area (Å²) in [7, 11) is 0. The van der Waals surface area contributed by atoms with Crippen LogP contribution in [0.1, 0.15) is 0 Å². The molecule has 0 saturated heterocycles. The van der Waals surface area contributed by atoms with E-state index in [1.165, 1.54) is 0 Å². The third-order valence-corrected chi connectivity index (χ3v) is 1.12. The van der Waals surface area contributed by atoms with Gasteiger partial charge in [-0.15, -0.1) is 0 Å². The molecule has 1 nitrogen and oxygen atoms in total. The van der Waals surface area contributed by atoms with Crippen LogP contribution in [0.25, 0.3) is 0 Å². The predicted octanol–water partition coefficient (Wildman–Crippen LogP) is 1.61. The normalized spacial score (nSPS) is 14.6. The molecule has 9 heavy (non-hydrogen) atoms. The van der Waals surface area contributed by atoms with Gasteiger partial charge in [-0.2, -0.15) is 0 Å². The molecule has 0 atom stereocenters. The average molecular weight is 140 g/mol. The molecule has 0 radical (unpaired) electrons. The summed E-state index contributed by atoms with van der Waals surface area (Å²) < 4.78 is 0. The summed E-state index contributed by atoms with van der Waals surface area (Å²) in [4.78, 5) is 10.4. The predicted molar refractivity (Wildman–Crippen MR) is 35.9 cm³/mol. The molecule has 0 heterocycles. The van der Waals surface area contributed by atoms with Crippen LogP contribution >= 0.6 is 11.6 Å². The average Bonchev–Trinajstić information content (AvgIpc) is 1.90. The molecule has 0 fully saturated rings. The first-order valence-electron chi connectivity index (χ1n) is 2.47. The number of allylic oxidation sites excluding steroid dienone is 6. The molecular formula is C7H4ClO+. The first-order valence-corrected chi connectivity index (χ1v) is 2.85. The van der Waals surface area contributed by atoms with Crippen molar-refractivity contribution in [1.29, 1.82) is 0 Å². The highest BCUT2D eigenvalue weighted by Crippen LogP contribution is 2.05. The van der Waals surface area contributed by atoms with Gasteiger partial charge in [-0.3, -0.25) is 0 Å². The molecule has 2 heteroatoms. The van der Waals surface area contributed by atoms with Crippen LogP contribution in [-0.4, -0.2) is 5.24 Å². The molecule has 0 aliphatic heterocycles. The zero-order chi connectivity index (χ0) is 6.69. The van der Waals surface area contributed by atoms with Crippen molar-refractivity contribution in [1.82, 2.24) is 0 Å². The lowest BCUT2D eigenvalue weighted by Crippen LogP contribution is -1.90. The summed E-state index contributed by atoms with van der Waals surface area (Å²) in [6.45, 7) is 0. The van der Waals surface area contributed by atoms with Crippen LogP contribution in [0.15, 0.2) is 29.9 Å². The molecule has 0 bridgehead atoms. The SMILES string of the molecule is O=C(Cl)C1=CC=CC=[C+]1. The second kappa shape index (κ2) is 2.58. The van der Waals surface area contributed by atoms with Crippen molar-refractivity contribution in [3.05, 3.63) is 36.0 Å². The molecule has 1 aliphatic rings. The quantitative estimate of drug-likeness (QED) is 0.399. The maximum atomic E-state index is 10.4. The minimum Gasteiger partial charge on any atom is -0.215 e. The topological polar surface area (TPSA) is 17.1 Å². The number of rotatable bonds is 1. The van der Waals surface area contributed by atoms with Gasteiger partial charge in [-0.05, 0) is 0 Å². The number of carbonyl (C=O) groups is 1. The van der Waals surface area contributed by atoms with Crippen LogP contribution in [0, 0.1) is 6.08 Å². The zero-order valence-electron chi connectivity index (χ0n) is 4.60. The molecule has 1 rings (SSSR count). The van der Waals surface area contributed by atoms with E-state index in [1.54, 1.807) is 24.3 Å². The van der Waals surface area contributed by atoms with Gasteiger partial charge in [-0.1, -0.05) is 0 Å². The van der Waals surface area contributed by atoms with E-state index in [4.69, 9.17) is 11.6 Å². The number of carbonyl (C=O) groups excluding carboxylic acids is 1. The zero-order valence-corrected chi connectivity index (χ0v) is 5.35. The first-order chi connectivity index (χ1) is 4.30. The van der Waals surface area contributed by atoms with E-state index in [2.05, 4.69) is 6.08 Å². The summed E-state index contributed by atoms with van der Waals surface area (Å²) in [6.07, 6.45) is 9.48. The van der Waals surface area contributed by atoms with E-state index in [0.29, 0.717) is 5.57 Å². The highest BCUT2D eigenvalue weighted by molar-refractivity contribution is 6.68. The number of halogens is 1. The van der Waals surface area contributed by atoms with Gasteiger partial charge in [0.2, 0.25) is 5.57 Å². The molecule has 44 valence electrons. The van der Waals surface area contributed by atoms with Crippen molar-refractivity contribution in [2.75, 3.05) is 0 Å². The van der Waals surface area contributed by atoms with E-state index in [-0.39, 0.29) is 0 Å². The minimum absolute atomic E-state index is 0.416. The van der Waals surface area contributed by atoms with Gasteiger partial charge < -0.3 is 0 Å². The number of hydrogen-bond acceptors (Lipinski definition) is 1. The van der Waals surface area contributed by atoms with Crippen LogP contribution in [0.4, 0.5) is 0 Å². The fourth-order valence-electron chi connectivity index (χ4n) is 0.516. The van der Waals surface area contributed by atoms with Crippen LogP contribution in [0.5, 0.6) is 0 Å². The van der Waals surface area contributed by atoms with E-state index >= 15 is 0 Å². The van der Waals surface area contributed by atoms with Crippen molar-refractivity contribution >= 4 is 16.8 Å². The first kappa shape index (κ1) is 6.21. The van der Waals surface area contributed by atoms with Crippen LogP contribution in [0.2, 0.25) is 0 Å². The Balaban J connectivity index is 2.84. The molecule has 1 aliphatic carbocycles. The second-order valence-electron chi connectivity index (χ2n) is 1.55. The third-order valence-electron chi connectivity index (χ3n) is 0.921. The summed E-state index contributed by atoms with van der Waals surface area (Å²) in [5.41, 5.74) is 0.416. The highest BCUT2D eigenvalue weighted by Gasteiger charge is 2.11. The Hall–Kier alpha value is -0.910. The van der Waals surface area contributed by atoms with Crippen molar-refractivity contribution in [2.45, 2.75) is 0 Å². The molecule has 0 aromatic heterocycles. The Morgan fingerprint density at radius 1 is 1.56 bits per heavy atom. The lowest BCUT2D eigenvalue weighted by Gasteiger charge is -1.81. The summed E-state index contributed by atoms with van der Waals surface area (Å²) in [6, 6.07) is 0. The molecular weight excluding hydrogens is 136 g/mol. The minimum atomic E-state index is -0.462. The van der Waals surface area contributed by atoms with Gasteiger partial charge >= 0.3 is 5.24 Å². The standard InChI is InChI=1S/C7H4ClO/c8-7(9)6-4-2-1-3-5-6/h1-4H/q+1. The van der Waals surface area contributed by atoms with Crippen molar-refractivity contribution in [3.8, 4) is 0 Å². The van der Waals surface area contributed by atoms with Gasteiger partial charge in [0.1, 0.15) is 0 Å². The van der Waals surface area contributed by atoms with Crippen LogP contribution in [0.3, 0.4) is 0 Å². The molecule has 0 saturated carbocycles. The van der Waals surface area contributed by atoms with Crippen molar-refractivity contribution < 1.29 is 4.79 Å². The van der Waals surface area contributed by atoms with E-state index in [1.807, 2.05) is 0 Å². The van der Waals surface area contributed by atoms with E-state index in [0.717, 1.165) is 0 Å². The number of hydrogen-bond donors (Lipinski definition) is 0.